The molecule has 0 unspecified atom stereocenters. The molecule has 0 saturated carbocycles. The Morgan fingerprint density at radius 3 is 2.77 bits per heavy atom. The molecule has 0 spiro atoms. The molecule has 0 fully saturated rings. The van der Waals surface area contributed by atoms with Crippen LogP contribution >= 0.6 is 0 Å². The smallest absolute Gasteiger partial charge is 0.507 e. The average Bonchev–Trinajstić information content (AvgIpc) is 2.87. The number of halogens is 3. The molecule has 1 aromatic heterocycles. The number of aromatic nitrogens is 2. The van der Waals surface area contributed by atoms with Crippen LogP contribution in [0.4, 0.5) is 13.2 Å². The summed E-state index contributed by atoms with van der Waals surface area (Å²) in [6, 6.07) is 3.10. The van der Waals surface area contributed by atoms with Crippen molar-refractivity contribution in [2.75, 3.05) is 7.11 Å². The van der Waals surface area contributed by atoms with Gasteiger partial charge in [0, 0.05) is 17.3 Å². The zero-order chi connectivity index (χ0) is 16.3. The van der Waals surface area contributed by atoms with Gasteiger partial charge in [-0.3, -0.25) is 9.48 Å². The normalized spacial score (nSPS) is 11.3. The van der Waals surface area contributed by atoms with Gasteiger partial charge in [0.2, 0.25) is 0 Å². The van der Waals surface area contributed by atoms with E-state index in [2.05, 4.69) is 14.6 Å². The molecule has 1 heterocycles. The van der Waals surface area contributed by atoms with Crippen molar-refractivity contribution in [2.24, 2.45) is 0 Å². The van der Waals surface area contributed by atoms with Crippen molar-refractivity contribution in [3.63, 3.8) is 0 Å². The topological polar surface area (TPSA) is 73.6 Å². The fourth-order valence-corrected chi connectivity index (χ4v) is 1.73. The monoisotopic (exact) mass is 316 g/mol. The summed E-state index contributed by atoms with van der Waals surface area (Å²) in [5, 5.41) is 13.6. The highest BCUT2D eigenvalue weighted by molar-refractivity contribution is 5.72. The lowest BCUT2D eigenvalue weighted by atomic mass is 10.1. The Labute approximate surface area is 122 Å². The lowest BCUT2D eigenvalue weighted by Gasteiger charge is -2.10. The maximum Gasteiger partial charge on any atom is 0.573 e. The van der Waals surface area contributed by atoms with E-state index in [1.165, 1.54) is 24.2 Å². The van der Waals surface area contributed by atoms with E-state index in [0.29, 0.717) is 5.56 Å². The minimum Gasteiger partial charge on any atom is -0.507 e. The third kappa shape index (κ3) is 3.90. The van der Waals surface area contributed by atoms with Crippen LogP contribution in [-0.4, -0.2) is 34.3 Å². The number of ether oxygens (including phenoxy) is 2. The van der Waals surface area contributed by atoms with Gasteiger partial charge < -0.3 is 14.6 Å². The van der Waals surface area contributed by atoms with Crippen molar-refractivity contribution in [2.45, 2.75) is 12.9 Å². The van der Waals surface area contributed by atoms with E-state index in [0.717, 1.165) is 18.2 Å². The largest absolute Gasteiger partial charge is 0.573 e. The molecule has 6 nitrogen and oxygen atoms in total. The van der Waals surface area contributed by atoms with Gasteiger partial charge in [-0.15, -0.1) is 13.2 Å². The maximum atomic E-state index is 12.2. The van der Waals surface area contributed by atoms with Gasteiger partial charge in [0.15, 0.2) is 0 Å². The highest BCUT2D eigenvalue weighted by atomic mass is 19.4. The van der Waals surface area contributed by atoms with Crippen molar-refractivity contribution >= 4 is 5.97 Å². The Bertz CT molecular complexity index is 682. The highest BCUT2D eigenvalue weighted by Crippen LogP contribution is 2.34. The molecule has 1 aromatic carbocycles. The first kappa shape index (κ1) is 15.7. The first-order valence-corrected chi connectivity index (χ1v) is 5.97. The van der Waals surface area contributed by atoms with Crippen LogP contribution in [0, 0.1) is 0 Å². The molecular formula is C13H11F3N2O4. The first-order valence-electron chi connectivity index (χ1n) is 5.97. The Morgan fingerprint density at radius 2 is 2.14 bits per heavy atom. The number of alkyl halides is 3. The number of rotatable bonds is 4. The predicted octanol–water partition coefficient (Wildman–Crippen LogP) is 2.33. The van der Waals surface area contributed by atoms with Crippen molar-refractivity contribution < 1.29 is 32.5 Å². The number of phenolic OH excluding ortho intramolecular Hbond substituents is 1. The van der Waals surface area contributed by atoms with Crippen LogP contribution in [0.2, 0.25) is 0 Å². The number of nitrogens with zero attached hydrogens (tertiary/aromatic N) is 2. The molecule has 0 saturated heterocycles. The standard InChI is InChI=1S/C13H11F3N2O4/c1-21-12(20)7-18-6-8(5-17-18)10-4-9(2-3-11(10)19)22-13(14,15)16/h2-6,19H,7H2,1H3. The lowest BCUT2D eigenvalue weighted by Crippen LogP contribution is -2.17. The van der Waals surface area contributed by atoms with E-state index in [-0.39, 0.29) is 17.9 Å². The molecule has 1 N–H and O–H groups in total. The molecule has 2 rings (SSSR count). The molecule has 22 heavy (non-hydrogen) atoms. The van der Waals surface area contributed by atoms with Crippen LogP contribution in [0.3, 0.4) is 0 Å². The van der Waals surface area contributed by atoms with Crippen molar-refractivity contribution in [1.29, 1.82) is 0 Å². The summed E-state index contributed by atoms with van der Waals surface area (Å²) >= 11 is 0. The maximum absolute atomic E-state index is 12.2. The van der Waals surface area contributed by atoms with Crippen molar-refractivity contribution in [3.05, 3.63) is 30.6 Å². The van der Waals surface area contributed by atoms with Gasteiger partial charge in [-0.1, -0.05) is 0 Å². The summed E-state index contributed by atoms with van der Waals surface area (Å²) in [6.07, 6.45) is -2.14. The number of phenols is 1. The highest BCUT2D eigenvalue weighted by Gasteiger charge is 2.31. The van der Waals surface area contributed by atoms with Crippen molar-refractivity contribution in [1.82, 2.24) is 9.78 Å². The molecule has 9 heteroatoms. The van der Waals surface area contributed by atoms with Crippen LogP contribution in [0.5, 0.6) is 11.5 Å². The number of methoxy groups -OCH3 is 1. The molecular weight excluding hydrogens is 305 g/mol. The Balaban J connectivity index is 2.28. The third-order valence-electron chi connectivity index (χ3n) is 2.66. The van der Waals surface area contributed by atoms with E-state index in [4.69, 9.17) is 0 Å². The molecule has 0 amide bonds. The molecule has 0 aliphatic carbocycles. The summed E-state index contributed by atoms with van der Waals surface area (Å²) in [5.41, 5.74) is 0.423. The van der Waals surface area contributed by atoms with E-state index in [1.54, 1.807) is 0 Å². The Hall–Kier alpha value is -2.71. The third-order valence-corrected chi connectivity index (χ3v) is 2.66. The molecule has 0 aliphatic heterocycles. The number of hydrogen-bond acceptors (Lipinski definition) is 5. The van der Waals surface area contributed by atoms with Gasteiger partial charge in [-0.05, 0) is 18.2 Å². The Morgan fingerprint density at radius 1 is 1.41 bits per heavy atom. The second-order valence-corrected chi connectivity index (χ2v) is 4.23. The lowest BCUT2D eigenvalue weighted by molar-refractivity contribution is -0.274. The number of hydrogen-bond donors (Lipinski definition) is 1. The van der Waals surface area contributed by atoms with E-state index < -0.39 is 18.1 Å². The van der Waals surface area contributed by atoms with Crippen LogP contribution < -0.4 is 4.74 Å². The van der Waals surface area contributed by atoms with Crippen LogP contribution in [0.25, 0.3) is 11.1 Å². The number of carbonyl (C=O) groups excluding carboxylic acids is 1. The number of esters is 1. The van der Waals surface area contributed by atoms with Gasteiger partial charge in [-0.25, -0.2) is 0 Å². The molecule has 0 radical (unpaired) electrons. The summed E-state index contributed by atoms with van der Waals surface area (Å²) in [6.45, 7) is -0.157. The second-order valence-electron chi connectivity index (χ2n) is 4.23. The molecule has 2 aromatic rings. The van der Waals surface area contributed by atoms with Crippen LogP contribution in [0.1, 0.15) is 0 Å². The van der Waals surface area contributed by atoms with E-state index >= 15 is 0 Å². The molecule has 118 valence electrons. The summed E-state index contributed by atoms with van der Waals surface area (Å²) < 4.78 is 46.1. The van der Waals surface area contributed by atoms with Crippen LogP contribution in [-0.2, 0) is 16.1 Å². The molecule has 0 aliphatic rings. The second kappa shape index (κ2) is 5.96. The Kier molecular flexibility index (Phi) is 4.25. The minimum absolute atomic E-state index is 0.0952. The molecule has 0 atom stereocenters. The SMILES string of the molecule is COC(=O)Cn1cc(-c2cc(OC(F)(F)F)ccc2O)cn1. The van der Waals surface area contributed by atoms with E-state index in [9.17, 15) is 23.1 Å². The number of benzene rings is 1. The van der Waals surface area contributed by atoms with Gasteiger partial charge in [0.25, 0.3) is 0 Å². The zero-order valence-electron chi connectivity index (χ0n) is 11.3. The minimum atomic E-state index is -4.83. The fourth-order valence-electron chi connectivity index (χ4n) is 1.73. The van der Waals surface area contributed by atoms with Gasteiger partial charge >= 0.3 is 12.3 Å². The zero-order valence-corrected chi connectivity index (χ0v) is 11.3. The summed E-state index contributed by atoms with van der Waals surface area (Å²) in [4.78, 5) is 11.1. The van der Waals surface area contributed by atoms with E-state index in [1.807, 2.05) is 0 Å². The number of aromatic hydroxyl groups is 1. The quantitative estimate of drug-likeness (QED) is 0.876. The average molecular weight is 316 g/mol. The van der Waals surface area contributed by atoms with Gasteiger partial charge in [0.05, 0.1) is 13.3 Å². The summed E-state index contributed by atoms with van der Waals surface area (Å²) in [7, 11) is 1.22. The molecule has 0 bridgehead atoms. The van der Waals surface area contributed by atoms with Crippen molar-refractivity contribution in [3.8, 4) is 22.6 Å². The van der Waals surface area contributed by atoms with Crippen LogP contribution in [0.15, 0.2) is 30.6 Å². The van der Waals surface area contributed by atoms with Gasteiger partial charge in [0.1, 0.15) is 18.0 Å². The predicted molar refractivity (Wildman–Crippen MR) is 68.0 cm³/mol. The first-order chi connectivity index (χ1) is 10.3. The van der Waals surface area contributed by atoms with Gasteiger partial charge in [-0.2, -0.15) is 5.10 Å². The number of carbonyl (C=O) groups is 1. The fraction of sp³-hybridized carbons (Fsp3) is 0.231. The summed E-state index contributed by atoms with van der Waals surface area (Å²) in [5.74, 6) is -1.25.